The van der Waals surface area contributed by atoms with Crippen LogP contribution >= 0.6 is 15.9 Å². The maximum Gasteiger partial charge on any atom is 0.246 e. The minimum Gasteiger partial charge on any atom is -0.356 e. The van der Waals surface area contributed by atoms with E-state index in [4.69, 9.17) is 0 Å². The van der Waals surface area contributed by atoms with Crippen molar-refractivity contribution in [2.45, 2.75) is 38.4 Å². The van der Waals surface area contributed by atoms with E-state index in [0.29, 0.717) is 6.42 Å². The normalized spacial score (nSPS) is 21.7. The Kier molecular flexibility index (Phi) is 4.28. The molecule has 148 valence electrons. The summed E-state index contributed by atoms with van der Waals surface area (Å²) in [5.41, 5.74) is 4.19. The van der Waals surface area contributed by atoms with Gasteiger partial charge in [0.25, 0.3) is 0 Å². The molecular weight excluding hydrogens is 430 g/mol. The molecule has 1 N–H and O–H groups in total. The molecule has 2 amide bonds. The Balaban J connectivity index is 1.74. The summed E-state index contributed by atoms with van der Waals surface area (Å²) in [5.74, 6) is 0.0353. The molecule has 2 atom stereocenters. The van der Waals surface area contributed by atoms with Gasteiger partial charge < -0.3 is 14.8 Å². The van der Waals surface area contributed by atoms with Gasteiger partial charge in [0, 0.05) is 33.5 Å². The molecule has 0 saturated carbocycles. The zero-order valence-corrected chi connectivity index (χ0v) is 17.9. The number of fused-ring (bicyclic) bond motifs is 4. The zero-order valence-electron chi connectivity index (χ0n) is 16.4. The molecule has 3 heterocycles. The molecule has 2 aliphatic rings. The van der Waals surface area contributed by atoms with Crippen molar-refractivity contribution in [3.05, 3.63) is 69.8 Å². The number of aromatic nitrogens is 1. The Labute approximate surface area is 177 Å². The number of para-hydroxylation sites is 1. The average molecular weight is 452 g/mol. The maximum atomic E-state index is 13.4. The molecule has 2 aromatic carbocycles. The number of amides is 2. The van der Waals surface area contributed by atoms with Crippen molar-refractivity contribution in [2.24, 2.45) is 0 Å². The fourth-order valence-electron chi connectivity index (χ4n) is 4.75. The number of nitrogens with one attached hydrogen (secondary N) is 1. The number of piperazine rings is 1. The Bertz CT molecular complexity index is 1140. The van der Waals surface area contributed by atoms with Crippen molar-refractivity contribution >= 4 is 38.6 Å². The molecule has 29 heavy (non-hydrogen) atoms. The van der Waals surface area contributed by atoms with Gasteiger partial charge in [0.15, 0.2) is 0 Å². The molecule has 6 heteroatoms. The molecule has 3 aromatic rings. The summed E-state index contributed by atoms with van der Waals surface area (Å²) < 4.78 is 0.953. The third-order valence-electron chi connectivity index (χ3n) is 6.08. The number of hydrogen-bond acceptors (Lipinski definition) is 2. The molecular formula is C23H22BrN3O2. The molecule has 0 bridgehead atoms. The number of H-pyrrole nitrogens is 1. The third-order valence-corrected chi connectivity index (χ3v) is 6.57. The van der Waals surface area contributed by atoms with Crippen molar-refractivity contribution in [2.75, 3.05) is 6.54 Å². The lowest BCUT2D eigenvalue weighted by atomic mass is 9.86. The predicted molar refractivity (Wildman–Crippen MR) is 115 cm³/mol. The largest absolute Gasteiger partial charge is 0.356 e. The molecule has 2 unspecified atom stereocenters. The first-order valence-electron chi connectivity index (χ1n) is 9.92. The highest BCUT2D eigenvalue weighted by Crippen LogP contribution is 2.43. The van der Waals surface area contributed by atoms with Gasteiger partial charge >= 0.3 is 0 Å². The Morgan fingerprint density at radius 3 is 2.66 bits per heavy atom. The second kappa shape index (κ2) is 6.73. The van der Waals surface area contributed by atoms with Crippen LogP contribution in [0.1, 0.15) is 36.7 Å². The number of carbonyl (C=O) groups excluding carboxylic acids is 2. The number of benzene rings is 2. The van der Waals surface area contributed by atoms with Gasteiger partial charge in [-0.25, -0.2) is 0 Å². The molecule has 0 aliphatic carbocycles. The summed E-state index contributed by atoms with van der Waals surface area (Å²) in [6, 6.07) is 15.4. The van der Waals surface area contributed by atoms with Gasteiger partial charge in [-0.1, -0.05) is 46.3 Å². The van der Waals surface area contributed by atoms with Crippen LogP contribution in [0.2, 0.25) is 0 Å². The smallest absolute Gasteiger partial charge is 0.246 e. The highest BCUT2D eigenvalue weighted by molar-refractivity contribution is 9.10. The van der Waals surface area contributed by atoms with E-state index < -0.39 is 6.04 Å². The average Bonchev–Trinajstić information content (AvgIpc) is 3.07. The van der Waals surface area contributed by atoms with E-state index in [1.54, 1.807) is 9.80 Å². The summed E-state index contributed by atoms with van der Waals surface area (Å²) in [7, 11) is 0. The second-order valence-corrected chi connectivity index (χ2v) is 9.02. The van der Waals surface area contributed by atoms with E-state index in [2.05, 4.69) is 33.0 Å². The van der Waals surface area contributed by atoms with Crippen LogP contribution in [0, 0.1) is 0 Å². The van der Waals surface area contributed by atoms with E-state index in [9.17, 15) is 9.59 Å². The number of halogens is 1. The predicted octanol–water partition coefficient (Wildman–Crippen LogP) is 4.02. The summed E-state index contributed by atoms with van der Waals surface area (Å²) in [4.78, 5) is 33.7. The molecule has 1 saturated heterocycles. The van der Waals surface area contributed by atoms with Gasteiger partial charge in [0.1, 0.15) is 12.6 Å². The van der Waals surface area contributed by atoms with Crippen LogP contribution < -0.4 is 0 Å². The lowest BCUT2D eigenvalue weighted by Crippen LogP contribution is -2.64. The topological polar surface area (TPSA) is 56.4 Å². The van der Waals surface area contributed by atoms with E-state index in [1.807, 2.05) is 50.2 Å². The first-order valence-corrected chi connectivity index (χ1v) is 10.7. The quantitative estimate of drug-likeness (QED) is 0.639. The number of nitrogens with zero attached hydrogens (tertiary/aromatic N) is 2. The summed E-state index contributed by atoms with van der Waals surface area (Å²) in [6.07, 6.45) is 0.539. The fraction of sp³-hybridized carbons (Fsp3) is 0.304. The number of hydrogen-bond donors (Lipinski definition) is 1. The van der Waals surface area contributed by atoms with Gasteiger partial charge in [0.05, 0.1) is 6.04 Å². The SMILES string of the molecule is CC(C)N1CC(=O)N2C(Cc3c([nH]c4ccccc34)C2c2cccc(Br)c2)C1=O. The highest BCUT2D eigenvalue weighted by atomic mass is 79.9. The van der Waals surface area contributed by atoms with Crippen molar-refractivity contribution in [3.63, 3.8) is 0 Å². The molecule has 1 aromatic heterocycles. The summed E-state index contributed by atoms with van der Waals surface area (Å²) in [5, 5.41) is 1.13. The van der Waals surface area contributed by atoms with Crippen LogP contribution in [0.15, 0.2) is 53.0 Å². The first-order chi connectivity index (χ1) is 14.0. The van der Waals surface area contributed by atoms with Gasteiger partial charge in [-0.05, 0) is 43.2 Å². The van der Waals surface area contributed by atoms with Crippen LogP contribution in [0.5, 0.6) is 0 Å². The van der Waals surface area contributed by atoms with Crippen molar-refractivity contribution < 1.29 is 9.59 Å². The highest BCUT2D eigenvalue weighted by Gasteiger charge is 2.48. The van der Waals surface area contributed by atoms with Gasteiger partial charge in [-0.2, -0.15) is 0 Å². The third kappa shape index (κ3) is 2.81. The lowest BCUT2D eigenvalue weighted by Gasteiger charge is -2.48. The van der Waals surface area contributed by atoms with Crippen molar-refractivity contribution in [1.82, 2.24) is 14.8 Å². The van der Waals surface area contributed by atoms with Crippen LogP contribution in [0.4, 0.5) is 0 Å². The van der Waals surface area contributed by atoms with Crippen LogP contribution in [0.3, 0.4) is 0 Å². The number of aromatic amines is 1. The lowest BCUT2D eigenvalue weighted by molar-refractivity contribution is -0.160. The monoisotopic (exact) mass is 451 g/mol. The van der Waals surface area contributed by atoms with E-state index in [1.165, 1.54) is 0 Å². The fourth-order valence-corrected chi connectivity index (χ4v) is 5.16. The standard InChI is InChI=1S/C23H22BrN3O2/c1-13(2)26-12-20(28)27-19(23(26)29)11-17-16-8-3-4-9-18(16)25-21(17)22(27)14-6-5-7-15(24)10-14/h3-10,13,19,22,25H,11-12H2,1-2H3. The molecule has 2 aliphatic heterocycles. The molecule has 5 rings (SSSR count). The summed E-state index contributed by atoms with van der Waals surface area (Å²) in [6.45, 7) is 4.06. The molecule has 0 radical (unpaired) electrons. The zero-order chi connectivity index (χ0) is 20.3. The van der Waals surface area contributed by atoms with Gasteiger partial charge in [0.2, 0.25) is 11.8 Å². The van der Waals surface area contributed by atoms with Gasteiger partial charge in [-0.3, -0.25) is 9.59 Å². The molecule has 0 spiro atoms. The minimum atomic E-state index is -0.477. The Morgan fingerprint density at radius 1 is 1.10 bits per heavy atom. The van der Waals surface area contributed by atoms with Crippen LogP contribution in [-0.4, -0.2) is 45.2 Å². The maximum absolute atomic E-state index is 13.4. The molecule has 1 fully saturated rings. The minimum absolute atomic E-state index is 0.00212. The second-order valence-electron chi connectivity index (χ2n) is 8.10. The first kappa shape index (κ1) is 18.4. The number of rotatable bonds is 2. The number of carbonyl (C=O) groups is 2. The van der Waals surface area contributed by atoms with Crippen molar-refractivity contribution in [1.29, 1.82) is 0 Å². The summed E-state index contributed by atoms with van der Waals surface area (Å²) >= 11 is 3.56. The molecule has 5 nitrogen and oxygen atoms in total. The Morgan fingerprint density at radius 2 is 1.90 bits per heavy atom. The van der Waals surface area contributed by atoms with Crippen molar-refractivity contribution in [3.8, 4) is 0 Å². The van der Waals surface area contributed by atoms with E-state index in [0.717, 1.165) is 32.2 Å². The van der Waals surface area contributed by atoms with Gasteiger partial charge in [-0.15, -0.1) is 0 Å². The van der Waals surface area contributed by atoms with Crippen LogP contribution in [0.25, 0.3) is 10.9 Å². The van der Waals surface area contributed by atoms with Crippen LogP contribution in [-0.2, 0) is 16.0 Å². The van der Waals surface area contributed by atoms with E-state index in [-0.39, 0.29) is 30.4 Å². The van der Waals surface area contributed by atoms with E-state index >= 15 is 0 Å². The Hall–Kier alpha value is -2.60.